The first kappa shape index (κ1) is 17.7. The fourth-order valence-electron chi connectivity index (χ4n) is 1.32. The zero-order valence-corrected chi connectivity index (χ0v) is 10.6. The van der Waals surface area contributed by atoms with Gasteiger partial charge in [-0.15, -0.1) is 12.4 Å². The highest BCUT2D eigenvalue weighted by Gasteiger charge is 2.48. The highest BCUT2D eigenvalue weighted by atomic mass is 35.5. The minimum absolute atomic E-state index is 0. The van der Waals surface area contributed by atoms with Crippen molar-refractivity contribution in [3.63, 3.8) is 0 Å². The van der Waals surface area contributed by atoms with Crippen molar-refractivity contribution in [3.05, 3.63) is 35.4 Å². The summed E-state index contributed by atoms with van der Waals surface area (Å²) < 4.78 is 56.9. The van der Waals surface area contributed by atoms with Crippen molar-refractivity contribution in [1.29, 1.82) is 0 Å². The quantitative estimate of drug-likeness (QED) is 0.687. The molecule has 0 heterocycles. The molecule has 108 valence electrons. The molecule has 1 atom stereocenters. The van der Waals surface area contributed by atoms with Crippen LogP contribution in [0.15, 0.2) is 18.2 Å². The molecule has 0 unspecified atom stereocenters. The van der Waals surface area contributed by atoms with E-state index < -0.39 is 35.1 Å². The second-order valence-corrected chi connectivity index (χ2v) is 3.52. The Kier molecular flexibility index (Phi) is 6.24. The third kappa shape index (κ3) is 4.07. The molecule has 1 aromatic carbocycles. The van der Waals surface area contributed by atoms with Gasteiger partial charge in [-0.1, -0.05) is 0 Å². The Hall–Kier alpha value is -1.34. The van der Waals surface area contributed by atoms with E-state index in [1.807, 2.05) is 0 Å². The summed E-state index contributed by atoms with van der Waals surface area (Å²) in [5, 5.41) is 0. The van der Waals surface area contributed by atoms with Gasteiger partial charge in [0.2, 0.25) is 0 Å². The van der Waals surface area contributed by atoms with Crippen LogP contribution in [0.2, 0.25) is 0 Å². The minimum Gasteiger partial charge on any atom is -0.462 e. The van der Waals surface area contributed by atoms with E-state index in [1.165, 1.54) is 6.92 Å². The van der Waals surface area contributed by atoms with E-state index in [-0.39, 0.29) is 19.0 Å². The summed E-state index contributed by atoms with van der Waals surface area (Å²) in [6.07, 6.45) is 0. The van der Waals surface area contributed by atoms with Gasteiger partial charge in [0.15, 0.2) is 0 Å². The molecule has 0 aliphatic rings. The Labute approximate surface area is 113 Å². The maximum atomic E-state index is 13.5. The lowest BCUT2D eigenvalue weighted by Crippen LogP contribution is -2.41. The third-order valence-electron chi connectivity index (χ3n) is 2.18. The number of esters is 1. The van der Waals surface area contributed by atoms with Crippen molar-refractivity contribution in [2.75, 3.05) is 6.61 Å². The predicted octanol–water partition coefficient (Wildman–Crippen LogP) is 2.58. The van der Waals surface area contributed by atoms with E-state index >= 15 is 0 Å². The van der Waals surface area contributed by atoms with Crippen molar-refractivity contribution < 1.29 is 27.1 Å². The third-order valence-corrected chi connectivity index (χ3v) is 2.18. The Morgan fingerprint density at radius 1 is 1.32 bits per heavy atom. The number of hydrogen-bond donors (Lipinski definition) is 1. The second-order valence-electron chi connectivity index (χ2n) is 3.52. The molecule has 2 N–H and O–H groups in total. The molecule has 0 saturated carbocycles. The van der Waals surface area contributed by atoms with Gasteiger partial charge in [-0.3, -0.25) is 0 Å². The normalized spacial score (nSPS) is 12.5. The molecule has 0 aliphatic heterocycles. The average Bonchev–Trinajstić information content (AvgIpc) is 2.26. The molecule has 0 aromatic heterocycles. The number of alkyl halides is 2. The minimum atomic E-state index is -4.06. The first-order valence-corrected chi connectivity index (χ1v) is 5.05. The van der Waals surface area contributed by atoms with E-state index in [0.717, 1.165) is 0 Å². The molecule has 0 saturated heterocycles. The van der Waals surface area contributed by atoms with E-state index in [0.29, 0.717) is 18.2 Å². The zero-order chi connectivity index (χ0) is 13.9. The molecular formula is C11H12ClF4NO2. The molecule has 0 bridgehead atoms. The van der Waals surface area contributed by atoms with Crippen molar-refractivity contribution in [2.45, 2.75) is 18.9 Å². The molecule has 0 aliphatic carbocycles. The van der Waals surface area contributed by atoms with Gasteiger partial charge >= 0.3 is 11.9 Å². The molecule has 0 spiro atoms. The molecule has 8 heteroatoms. The monoisotopic (exact) mass is 301 g/mol. The molecule has 1 rings (SSSR count). The number of halogens is 5. The highest BCUT2D eigenvalue weighted by Crippen LogP contribution is 2.31. The number of rotatable bonds is 4. The van der Waals surface area contributed by atoms with Crippen LogP contribution in [-0.4, -0.2) is 18.5 Å². The summed E-state index contributed by atoms with van der Waals surface area (Å²) in [4.78, 5) is 11.0. The molecule has 1 aromatic rings. The van der Waals surface area contributed by atoms with Crippen LogP contribution in [0.3, 0.4) is 0 Å². The van der Waals surface area contributed by atoms with E-state index in [9.17, 15) is 22.4 Å². The fraction of sp³-hybridized carbons (Fsp3) is 0.364. The first-order valence-electron chi connectivity index (χ1n) is 5.05. The van der Waals surface area contributed by atoms with E-state index in [4.69, 9.17) is 5.73 Å². The summed E-state index contributed by atoms with van der Waals surface area (Å²) in [6, 6.07) is -0.387. The molecular weight excluding hydrogens is 290 g/mol. The number of carbonyl (C=O) groups is 1. The second kappa shape index (κ2) is 6.72. The Balaban J connectivity index is 0.00000324. The predicted molar refractivity (Wildman–Crippen MR) is 62.1 cm³/mol. The van der Waals surface area contributed by atoms with Crippen LogP contribution < -0.4 is 5.73 Å². The Bertz CT molecular complexity index is 436. The van der Waals surface area contributed by atoms with Crippen LogP contribution in [0.25, 0.3) is 0 Å². The van der Waals surface area contributed by atoms with E-state index in [2.05, 4.69) is 4.74 Å². The molecule has 0 fully saturated rings. The zero-order valence-electron chi connectivity index (χ0n) is 9.83. The van der Waals surface area contributed by atoms with Gasteiger partial charge in [-0.05, 0) is 24.6 Å². The topological polar surface area (TPSA) is 52.3 Å². The maximum absolute atomic E-state index is 13.5. The lowest BCUT2D eigenvalue weighted by atomic mass is 10.0. The highest BCUT2D eigenvalue weighted by molar-refractivity contribution is 5.85. The number of carbonyl (C=O) groups excluding carboxylic acids is 1. The van der Waals surface area contributed by atoms with Gasteiger partial charge in [0.05, 0.1) is 6.61 Å². The van der Waals surface area contributed by atoms with Crippen LogP contribution in [-0.2, 0) is 9.53 Å². The van der Waals surface area contributed by atoms with Crippen molar-refractivity contribution in [1.82, 2.24) is 0 Å². The largest absolute Gasteiger partial charge is 0.462 e. The van der Waals surface area contributed by atoms with Gasteiger partial charge in [-0.2, -0.15) is 8.78 Å². The summed E-state index contributed by atoms with van der Waals surface area (Å²) in [5.41, 5.74) is 4.63. The van der Waals surface area contributed by atoms with Crippen LogP contribution >= 0.6 is 12.4 Å². The lowest BCUT2D eigenvalue weighted by molar-refractivity contribution is -0.174. The summed E-state index contributed by atoms with van der Waals surface area (Å²) in [5.74, 6) is -8.00. The Morgan fingerprint density at radius 3 is 2.21 bits per heavy atom. The first-order chi connectivity index (χ1) is 8.28. The van der Waals surface area contributed by atoms with Crippen LogP contribution in [0, 0.1) is 11.6 Å². The SMILES string of the molecule is CCOC(=O)C(F)(F)[C@H](N)c1cc(F)cc(F)c1.Cl. The summed E-state index contributed by atoms with van der Waals surface area (Å²) in [7, 11) is 0. The van der Waals surface area contributed by atoms with Crippen molar-refractivity contribution >= 4 is 18.4 Å². The number of benzene rings is 1. The standard InChI is InChI=1S/C11H11F4NO2.ClH/c1-2-18-10(17)11(14,15)9(16)6-3-7(12)5-8(13)4-6;/h3-5,9H,2,16H2,1H3;1H/t9-;/m1./s1. The smallest absolute Gasteiger partial charge is 0.379 e. The van der Waals surface area contributed by atoms with Gasteiger partial charge in [0.1, 0.15) is 17.7 Å². The van der Waals surface area contributed by atoms with Gasteiger partial charge in [0, 0.05) is 6.07 Å². The van der Waals surface area contributed by atoms with Gasteiger partial charge in [0.25, 0.3) is 0 Å². The van der Waals surface area contributed by atoms with Crippen LogP contribution in [0.1, 0.15) is 18.5 Å². The molecule has 0 radical (unpaired) electrons. The van der Waals surface area contributed by atoms with Crippen LogP contribution in [0.5, 0.6) is 0 Å². The van der Waals surface area contributed by atoms with Crippen LogP contribution in [0.4, 0.5) is 17.6 Å². The summed E-state index contributed by atoms with van der Waals surface area (Å²) >= 11 is 0. The molecule has 0 amide bonds. The average molecular weight is 302 g/mol. The lowest BCUT2D eigenvalue weighted by Gasteiger charge is -2.21. The number of ether oxygens (including phenoxy) is 1. The number of hydrogen-bond acceptors (Lipinski definition) is 3. The van der Waals surface area contributed by atoms with E-state index in [1.54, 1.807) is 0 Å². The van der Waals surface area contributed by atoms with Gasteiger partial charge in [-0.25, -0.2) is 13.6 Å². The van der Waals surface area contributed by atoms with Gasteiger partial charge < -0.3 is 10.5 Å². The Morgan fingerprint density at radius 2 is 1.79 bits per heavy atom. The summed E-state index contributed by atoms with van der Waals surface area (Å²) in [6.45, 7) is 1.10. The molecule has 3 nitrogen and oxygen atoms in total. The van der Waals surface area contributed by atoms with Crippen molar-refractivity contribution in [3.8, 4) is 0 Å². The molecule has 19 heavy (non-hydrogen) atoms. The van der Waals surface area contributed by atoms with Crippen molar-refractivity contribution in [2.24, 2.45) is 5.73 Å². The fourth-order valence-corrected chi connectivity index (χ4v) is 1.32. The number of nitrogens with two attached hydrogens (primary N) is 1. The maximum Gasteiger partial charge on any atom is 0.379 e.